The van der Waals surface area contributed by atoms with E-state index >= 15 is 0 Å². The van der Waals surface area contributed by atoms with Gasteiger partial charge in [-0.2, -0.15) is 0 Å². The van der Waals surface area contributed by atoms with Crippen LogP contribution in [0.1, 0.15) is 24.0 Å². The van der Waals surface area contributed by atoms with Crippen molar-refractivity contribution >= 4 is 17.2 Å². The Morgan fingerprint density at radius 3 is 2.92 bits per heavy atom. The van der Waals surface area contributed by atoms with Crippen molar-refractivity contribution in [1.29, 1.82) is 0 Å². The molecule has 6 heteroatoms. The maximum absolute atomic E-state index is 11.5. The molecule has 1 aliphatic heterocycles. The van der Waals surface area contributed by atoms with Crippen LogP contribution in [0.4, 0.5) is 0 Å². The summed E-state index contributed by atoms with van der Waals surface area (Å²) in [5.74, 6) is 1.09. The number of ether oxygens (including phenoxy) is 1. The zero-order valence-electron chi connectivity index (χ0n) is 13.9. The normalized spacial score (nSPS) is 21.5. The highest BCUT2D eigenvalue weighted by Crippen LogP contribution is 2.23. The van der Waals surface area contributed by atoms with E-state index in [-0.39, 0.29) is 11.8 Å². The van der Waals surface area contributed by atoms with E-state index in [1.807, 2.05) is 30.3 Å². The van der Waals surface area contributed by atoms with Gasteiger partial charge in [0.25, 0.3) is 0 Å². The third-order valence-corrected chi connectivity index (χ3v) is 5.10. The number of carbonyl (C=O) groups excluding carboxylic acids is 1. The molecule has 2 atom stereocenters. The lowest BCUT2D eigenvalue weighted by Crippen LogP contribution is -2.44. The van der Waals surface area contributed by atoms with Gasteiger partial charge in [-0.15, -0.1) is 11.3 Å². The molecule has 5 nitrogen and oxygen atoms in total. The van der Waals surface area contributed by atoms with E-state index in [2.05, 4.69) is 22.2 Å². The number of hydrogen-bond donors (Lipinski definition) is 1. The van der Waals surface area contributed by atoms with Gasteiger partial charge in [-0.1, -0.05) is 25.1 Å². The predicted molar refractivity (Wildman–Crippen MR) is 94.6 cm³/mol. The fourth-order valence-corrected chi connectivity index (χ4v) is 3.87. The molecular weight excluding hydrogens is 322 g/mol. The van der Waals surface area contributed by atoms with Gasteiger partial charge in [0.15, 0.2) is 0 Å². The number of carbonyl (C=O) groups is 1. The molecule has 0 saturated carbocycles. The molecule has 1 saturated heterocycles. The highest BCUT2D eigenvalue weighted by atomic mass is 32.1. The lowest BCUT2D eigenvalue weighted by molar-refractivity contribution is -0.124. The van der Waals surface area contributed by atoms with Crippen molar-refractivity contribution in [1.82, 2.24) is 9.88 Å². The van der Waals surface area contributed by atoms with Crippen molar-refractivity contribution in [3.8, 4) is 5.75 Å². The maximum Gasteiger partial charge on any atom is 0.221 e. The summed E-state index contributed by atoms with van der Waals surface area (Å²) in [5, 5.41) is 3.03. The highest BCUT2D eigenvalue weighted by molar-refractivity contribution is 7.09. The quantitative estimate of drug-likeness (QED) is 0.874. The smallest absolute Gasteiger partial charge is 0.221 e. The topological polar surface area (TPSA) is 68.5 Å². The van der Waals surface area contributed by atoms with Gasteiger partial charge in [-0.25, -0.2) is 4.98 Å². The molecule has 128 valence electrons. The van der Waals surface area contributed by atoms with Crippen LogP contribution < -0.4 is 10.5 Å². The number of piperidine rings is 1. The van der Waals surface area contributed by atoms with Gasteiger partial charge in [-0.3, -0.25) is 9.69 Å². The average Bonchev–Trinajstić information content (AvgIpc) is 3.01. The molecule has 1 aromatic heterocycles. The largest absolute Gasteiger partial charge is 0.486 e. The Balaban J connectivity index is 1.54. The molecule has 0 aliphatic carbocycles. The molecular formula is C18H23N3O2S. The molecule has 1 fully saturated rings. The third kappa shape index (κ3) is 4.55. The number of para-hydroxylation sites is 1. The molecule has 1 aliphatic rings. The first-order valence-electron chi connectivity index (χ1n) is 8.23. The van der Waals surface area contributed by atoms with Gasteiger partial charge in [0.2, 0.25) is 5.91 Å². The fraction of sp³-hybridized carbons (Fsp3) is 0.444. The number of hydrogen-bond acceptors (Lipinski definition) is 5. The van der Waals surface area contributed by atoms with Crippen LogP contribution in [0.3, 0.4) is 0 Å². The predicted octanol–water partition coefficient (Wildman–Crippen LogP) is 2.67. The monoisotopic (exact) mass is 345 g/mol. The second-order valence-electron chi connectivity index (χ2n) is 6.47. The van der Waals surface area contributed by atoms with Crippen LogP contribution in [-0.4, -0.2) is 28.9 Å². The number of rotatable bonds is 6. The van der Waals surface area contributed by atoms with Crippen LogP contribution >= 0.6 is 11.3 Å². The Labute approximate surface area is 146 Å². The number of benzene rings is 1. The Morgan fingerprint density at radius 1 is 1.38 bits per heavy atom. The van der Waals surface area contributed by atoms with Crippen molar-refractivity contribution in [2.45, 2.75) is 26.5 Å². The van der Waals surface area contributed by atoms with Crippen molar-refractivity contribution < 1.29 is 9.53 Å². The minimum atomic E-state index is -0.193. The number of likely N-dealkylation sites (tertiary alicyclic amines) is 1. The summed E-state index contributed by atoms with van der Waals surface area (Å²) in [6, 6.07) is 9.75. The first-order chi connectivity index (χ1) is 11.6. The molecule has 2 unspecified atom stereocenters. The number of amides is 1. The zero-order chi connectivity index (χ0) is 16.9. The standard InChI is InChI=1S/C18H23N3O2S/c1-13-7-14(18(19)22)9-21(8-13)10-15-12-24-17(20-15)11-23-16-5-3-2-4-6-16/h2-6,12-14H,7-11H2,1H3,(H2,19,22). The minimum Gasteiger partial charge on any atom is -0.486 e. The van der Waals surface area contributed by atoms with Gasteiger partial charge in [0.1, 0.15) is 17.4 Å². The van der Waals surface area contributed by atoms with E-state index in [1.165, 1.54) is 0 Å². The van der Waals surface area contributed by atoms with Gasteiger partial charge < -0.3 is 10.5 Å². The molecule has 2 heterocycles. The van der Waals surface area contributed by atoms with Gasteiger partial charge in [-0.05, 0) is 24.5 Å². The van der Waals surface area contributed by atoms with E-state index in [9.17, 15) is 4.79 Å². The second-order valence-corrected chi connectivity index (χ2v) is 7.41. The molecule has 0 bridgehead atoms. The molecule has 0 spiro atoms. The molecule has 2 aromatic rings. The number of primary amides is 1. The lowest BCUT2D eigenvalue weighted by Gasteiger charge is -2.34. The van der Waals surface area contributed by atoms with E-state index in [1.54, 1.807) is 11.3 Å². The Kier molecular flexibility index (Phi) is 5.48. The van der Waals surface area contributed by atoms with Crippen LogP contribution in [0.5, 0.6) is 5.75 Å². The molecule has 2 N–H and O–H groups in total. The summed E-state index contributed by atoms with van der Waals surface area (Å²) in [5.41, 5.74) is 6.52. The van der Waals surface area contributed by atoms with Crippen LogP contribution in [0.2, 0.25) is 0 Å². The summed E-state index contributed by atoms with van der Waals surface area (Å²) >= 11 is 1.61. The van der Waals surface area contributed by atoms with Crippen LogP contribution in [0.15, 0.2) is 35.7 Å². The van der Waals surface area contributed by atoms with Crippen molar-refractivity contribution in [3.05, 3.63) is 46.4 Å². The summed E-state index contributed by atoms with van der Waals surface area (Å²) in [7, 11) is 0. The Bertz CT molecular complexity index is 674. The Hall–Kier alpha value is -1.92. The lowest BCUT2D eigenvalue weighted by atomic mass is 9.90. The first-order valence-corrected chi connectivity index (χ1v) is 9.11. The van der Waals surface area contributed by atoms with E-state index < -0.39 is 0 Å². The van der Waals surface area contributed by atoms with E-state index in [0.717, 1.165) is 42.5 Å². The first kappa shape index (κ1) is 16.9. The van der Waals surface area contributed by atoms with Gasteiger partial charge >= 0.3 is 0 Å². The van der Waals surface area contributed by atoms with Crippen LogP contribution in [0.25, 0.3) is 0 Å². The molecule has 0 radical (unpaired) electrons. The fourth-order valence-electron chi connectivity index (χ4n) is 3.18. The number of nitrogens with two attached hydrogens (primary N) is 1. The summed E-state index contributed by atoms with van der Waals surface area (Å²) in [6.07, 6.45) is 0.888. The molecule has 1 aromatic carbocycles. The van der Waals surface area contributed by atoms with E-state index in [4.69, 9.17) is 10.5 Å². The minimum absolute atomic E-state index is 0.0479. The molecule has 1 amide bonds. The summed E-state index contributed by atoms with van der Waals surface area (Å²) < 4.78 is 5.73. The number of aromatic nitrogens is 1. The Morgan fingerprint density at radius 2 is 2.17 bits per heavy atom. The second kappa shape index (κ2) is 7.77. The van der Waals surface area contributed by atoms with Crippen LogP contribution in [-0.2, 0) is 17.9 Å². The maximum atomic E-state index is 11.5. The van der Waals surface area contributed by atoms with Crippen LogP contribution in [0, 0.1) is 11.8 Å². The van der Waals surface area contributed by atoms with Gasteiger partial charge in [0, 0.05) is 25.0 Å². The van der Waals surface area contributed by atoms with Crippen molar-refractivity contribution in [2.24, 2.45) is 17.6 Å². The average molecular weight is 345 g/mol. The molecule has 3 rings (SSSR count). The highest BCUT2D eigenvalue weighted by Gasteiger charge is 2.28. The van der Waals surface area contributed by atoms with E-state index in [0.29, 0.717) is 12.5 Å². The van der Waals surface area contributed by atoms with Gasteiger partial charge in [0.05, 0.1) is 11.6 Å². The summed E-state index contributed by atoms with van der Waals surface area (Å²) in [6.45, 7) is 5.12. The van der Waals surface area contributed by atoms with Crippen molar-refractivity contribution in [2.75, 3.05) is 13.1 Å². The zero-order valence-corrected chi connectivity index (χ0v) is 14.7. The number of nitrogens with zero attached hydrogens (tertiary/aromatic N) is 2. The molecule has 24 heavy (non-hydrogen) atoms. The third-order valence-electron chi connectivity index (χ3n) is 4.23. The SMILES string of the molecule is CC1CC(C(N)=O)CN(Cc2csc(COc3ccccc3)n2)C1. The number of thiazole rings is 1. The summed E-state index contributed by atoms with van der Waals surface area (Å²) in [4.78, 5) is 18.4. The van der Waals surface area contributed by atoms with Crippen molar-refractivity contribution in [3.63, 3.8) is 0 Å².